The predicted molar refractivity (Wildman–Crippen MR) is 77.6 cm³/mol. The molecular formula is C14H17BrN2O2. The molecule has 0 aliphatic carbocycles. The normalized spacial score (nSPS) is 14.9. The minimum atomic E-state index is -0.182. The zero-order chi connectivity index (χ0) is 13.5. The number of benzene rings is 1. The molecular weight excluding hydrogens is 308 g/mol. The summed E-state index contributed by atoms with van der Waals surface area (Å²) in [5.41, 5.74) is 2.28. The average molecular weight is 325 g/mol. The second kappa shape index (κ2) is 7.31. The third-order valence-electron chi connectivity index (χ3n) is 2.88. The van der Waals surface area contributed by atoms with Crippen LogP contribution < -0.4 is 10.6 Å². The fourth-order valence-electron chi connectivity index (χ4n) is 1.83. The van der Waals surface area contributed by atoms with E-state index in [1.165, 1.54) is 5.57 Å². The Balaban J connectivity index is 1.75. The van der Waals surface area contributed by atoms with Crippen molar-refractivity contribution in [1.82, 2.24) is 10.6 Å². The molecule has 1 fully saturated rings. The van der Waals surface area contributed by atoms with Crippen LogP contribution in [0, 0.1) is 0 Å². The van der Waals surface area contributed by atoms with Crippen molar-refractivity contribution in [2.45, 2.75) is 19.4 Å². The number of amides is 2. The molecule has 2 rings (SSSR count). The molecule has 4 nitrogen and oxygen atoms in total. The molecule has 0 spiro atoms. The van der Waals surface area contributed by atoms with Crippen LogP contribution in [0.15, 0.2) is 40.5 Å². The highest BCUT2D eigenvalue weighted by molar-refractivity contribution is 9.10. The van der Waals surface area contributed by atoms with Crippen LogP contribution in [0.4, 0.5) is 4.79 Å². The second-order valence-corrected chi connectivity index (χ2v) is 5.29. The molecule has 0 unspecified atom stereocenters. The van der Waals surface area contributed by atoms with Crippen molar-refractivity contribution in [2.75, 3.05) is 13.2 Å². The molecule has 1 aliphatic rings. The molecule has 1 saturated heterocycles. The lowest BCUT2D eigenvalue weighted by Crippen LogP contribution is -2.32. The Hall–Kier alpha value is -1.33. The van der Waals surface area contributed by atoms with Crippen molar-refractivity contribution in [3.05, 3.63) is 46.1 Å². The Morgan fingerprint density at radius 3 is 2.89 bits per heavy atom. The van der Waals surface area contributed by atoms with Gasteiger partial charge >= 0.3 is 6.03 Å². The maximum absolute atomic E-state index is 11.6. The molecule has 0 bridgehead atoms. The first kappa shape index (κ1) is 14.1. The lowest BCUT2D eigenvalue weighted by atomic mass is 10.1. The minimum absolute atomic E-state index is 0.182. The first-order valence-corrected chi connectivity index (χ1v) is 7.08. The molecule has 1 aliphatic heterocycles. The van der Waals surface area contributed by atoms with Crippen LogP contribution in [0.3, 0.4) is 0 Å². The van der Waals surface area contributed by atoms with Gasteiger partial charge in [0.05, 0.1) is 13.2 Å². The quantitative estimate of drug-likeness (QED) is 0.898. The van der Waals surface area contributed by atoms with Crippen molar-refractivity contribution < 1.29 is 9.53 Å². The van der Waals surface area contributed by atoms with Crippen LogP contribution in [-0.4, -0.2) is 19.2 Å². The van der Waals surface area contributed by atoms with Gasteiger partial charge in [0, 0.05) is 17.2 Å². The van der Waals surface area contributed by atoms with Crippen molar-refractivity contribution >= 4 is 22.0 Å². The Bertz CT molecular complexity index is 466. The number of nitrogens with one attached hydrogen (secondary N) is 2. The van der Waals surface area contributed by atoms with Gasteiger partial charge in [-0.05, 0) is 36.1 Å². The van der Waals surface area contributed by atoms with Crippen molar-refractivity contribution in [3.8, 4) is 0 Å². The van der Waals surface area contributed by atoms with Gasteiger partial charge in [0.15, 0.2) is 0 Å². The zero-order valence-corrected chi connectivity index (χ0v) is 12.2. The molecule has 2 amide bonds. The maximum atomic E-state index is 11.6. The molecule has 0 atom stereocenters. The first-order chi connectivity index (χ1) is 9.24. The van der Waals surface area contributed by atoms with Gasteiger partial charge in [-0.25, -0.2) is 4.79 Å². The van der Waals surface area contributed by atoms with Crippen LogP contribution in [0.25, 0.3) is 0 Å². The van der Waals surface area contributed by atoms with E-state index in [1.54, 1.807) is 6.20 Å². The largest absolute Gasteiger partial charge is 0.381 e. The number of urea groups is 1. The summed E-state index contributed by atoms with van der Waals surface area (Å²) >= 11 is 3.40. The number of carbonyl (C=O) groups excluding carboxylic acids is 1. The SMILES string of the molecule is O=C(NC=C1CCOCC1)NCc1cccc(Br)c1. The van der Waals surface area contributed by atoms with Gasteiger partial charge in [-0.2, -0.15) is 0 Å². The number of hydrogen-bond acceptors (Lipinski definition) is 2. The fourth-order valence-corrected chi connectivity index (χ4v) is 2.27. The number of rotatable bonds is 3. The summed E-state index contributed by atoms with van der Waals surface area (Å²) in [6, 6.07) is 7.68. The van der Waals surface area contributed by atoms with Crippen LogP contribution in [0.2, 0.25) is 0 Å². The van der Waals surface area contributed by atoms with Gasteiger partial charge in [-0.15, -0.1) is 0 Å². The molecule has 0 radical (unpaired) electrons. The maximum Gasteiger partial charge on any atom is 0.319 e. The van der Waals surface area contributed by atoms with E-state index in [0.717, 1.165) is 36.1 Å². The number of halogens is 1. The number of ether oxygens (including phenoxy) is 1. The third-order valence-corrected chi connectivity index (χ3v) is 3.38. The molecule has 1 aromatic carbocycles. The summed E-state index contributed by atoms with van der Waals surface area (Å²) in [5.74, 6) is 0. The summed E-state index contributed by atoms with van der Waals surface area (Å²) in [7, 11) is 0. The van der Waals surface area contributed by atoms with Crippen molar-refractivity contribution in [3.63, 3.8) is 0 Å². The summed E-state index contributed by atoms with van der Waals surface area (Å²) in [6.07, 6.45) is 3.58. The highest BCUT2D eigenvalue weighted by Gasteiger charge is 2.05. The minimum Gasteiger partial charge on any atom is -0.381 e. The second-order valence-electron chi connectivity index (χ2n) is 4.37. The van der Waals surface area contributed by atoms with E-state index in [2.05, 4.69) is 26.6 Å². The molecule has 1 aromatic rings. The molecule has 1 heterocycles. The Morgan fingerprint density at radius 2 is 2.16 bits per heavy atom. The van der Waals surface area contributed by atoms with Gasteiger partial charge in [0.25, 0.3) is 0 Å². The van der Waals surface area contributed by atoms with E-state index in [1.807, 2.05) is 24.3 Å². The van der Waals surface area contributed by atoms with E-state index in [4.69, 9.17) is 4.74 Å². The molecule has 5 heteroatoms. The zero-order valence-electron chi connectivity index (χ0n) is 10.6. The summed E-state index contributed by atoms with van der Waals surface area (Å²) < 4.78 is 6.26. The highest BCUT2D eigenvalue weighted by Crippen LogP contribution is 2.12. The summed E-state index contributed by atoms with van der Waals surface area (Å²) in [6.45, 7) is 2.00. The topological polar surface area (TPSA) is 50.4 Å². The van der Waals surface area contributed by atoms with E-state index in [9.17, 15) is 4.79 Å². The van der Waals surface area contributed by atoms with Crippen molar-refractivity contribution in [1.29, 1.82) is 0 Å². The third kappa shape index (κ3) is 5.04. The van der Waals surface area contributed by atoms with Crippen LogP contribution in [0.1, 0.15) is 18.4 Å². The van der Waals surface area contributed by atoms with E-state index in [0.29, 0.717) is 6.54 Å². The number of carbonyl (C=O) groups is 1. The average Bonchev–Trinajstić information content (AvgIpc) is 2.44. The van der Waals surface area contributed by atoms with Gasteiger partial charge < -0.3 is 15.4 Å². The molecule has 2 N–H and O–H groups in total. The van der Waals surface area contributed by atoms with E-state index in [-0.39, 0.29) is 6.03 Å². The van der Waals surface area contributed by atoms with E-state index >= 15 is 0 Å². The lowest BCUT2D eigenvalue weighted by Gasteiger charge is -2.14. The Labute approximate surface area is 121 Å². The van der Waals surface area contributed by atoms with Crippen LogP contribution in [0.5, 0.6) is 0 Å². The molecule has 102 valence electrons. The monoisotopic (exact) mass is 324 g/mol. The van der Waals surface area contributed by atoms with Gasteiger partial charge in [-0.1, -0.05) is 28.1 Å². The molecule has 0 saturated carbocycles. The summed E-state index contributed by atoms with van der Waals surface area (Å²) in [4.78, 5) is 11.6. The highest BCUT2D eigenvalue weighted by atomic mass is 79.9. The van der Waals surface area contributed by atoms with Crippen LogP contribution >= 0.6 is 15.9 Å². The first-order valence-electron chi connectivity index (χ1n) is 6.28. The van der Waals surface area contributed by atoms with Crippen LogP contribution in [-0.2, 0) is 11.3 Å². The van der Waals surface area contributed by atoms with E-state index < -0.39 is 0 Å². The van der Waals surface area contributed by atoms with Gasteiger partial charge in [0.1, 0.15) is 0 Å². The van der Waals surface area contributed by atoms with Gasteiger partial charge in [0.2, 0.25) is 0 Å². The lowest BCUT2D eigenvalue weighted by molar-refractivity contribution is 0.119. The van der Waals surface area contributed by atoms with Crippen molar-refractivity contribution in [2.24, 2.45) is 0 Å². The Kier molecular flexibility index (Phi) is 5.42. The van der Waals surface area contributed by atoms with Gasteiger partial charge in [-0.3, -0.25) is 0 Å². The smallest absolute Gasteiger partial charge is 0.319 e. The fraction of sp³-hybridized carbons (Fsp3) is 0.357. The standard InChI is InChI=1S/C14H17BrN2O2/c15-13-3-1-2-12(8-13)10-17-14(18)16-9-11-4-6-19-7-5-11/h1-3,8-9H,4-7,10H2,(H2,16,17,18). The predicted octanol–water partition coefficient (Wildman–Crippen LogP) is 2.94. The Morgan fingerprint density at radius 1 is 1.37 bits per heavy atom. The summed E-state index contributed by atoms with van der Waals surface area (Å²) in [5, 5.41) is 5.58. The molecule has 19 heavy (non-hydrogen) atoms. The molecule has 0 aromatic heterocycles. The number of hydrogen-bond donors (Lipinski definition) is 2.